The van der Waals surface area contributed by atoms with Crippen LogP contribution in [0.5, 0.6) is 0 Å². The minimum atomic E-state index is -0.275. The van der Waals surface area contributed by atoms with Crippen LogP contribution in [0, 0.1) is 0 Å². The molecule has 1 fully saturated rings. The maximum atomic E-state index is 12.3. The zero-order valence-electron chi connectivity index (χ0n) is 10.9. The summed E-state index contributed by atoms with van der Waals surface area (Å²) in [6.07, 6.45) is 5.48. The molecule has 1 aliphatic heterocycles. The minimum Gasteiger partial charge on any atom is -0.369 e. The largest absolute Gasteiger partial charge is 0.415 e. The Morgan fingerprint density at radius 3 is 2.76 bits per heavy atom. The maximum Gasteiger partial charge on any atom is 0.415 e. The number of aryl methyl sites for hydroxylation is 1. The molecule has 0 bridgehead atoms. The molecule has 0 saturated carbocycles. The fraction of sp³-hybridized carbons (Fsp3) is 0.667. The van der Waals surface area contributed by atoms with Gasteiger partial charge in [-0.2, -0.15) is 4.57 Å². The van der Waals surface area contributed by atoms with Crippen LogP contribution in [0.2, 0.25) is 0 Å². The summed E-state index contributed by atoms with van der Waals surface area (Å²) in [5.41, 5.74) is -0.275. The third-order valence-corrected chi connectivity index (χ3v) is 2.83. The monoisotopic (exact) mass is 238 g/mol. The van der Waals surface area contributed by atoms with Gasteiger partial charge in [-0.3, -0.25) is 4.90 Å². The molecule has 1 saturated heterocycles. The average molecular weight is 238 g/mol. The van der Waals surface area contributed by atoms with Crippen molar-refractivity contribution < 1.29 is 14.1 Å². The van der Waals surface area contributed by atoms with E-state index in [0.717, 1.165) is 0 Å². The van der Waals surface area contributed by atoms with Crippen molar-refractivity contribution in [2.45, 2.75) is 32.5 Å². The number of carbonyl (C=O) groups is 1. The molecule has 0 aliphatic carbocycles. The molecular weight excluding hydrogens is 218 g/mol. The van der Waals surface area contributed by atoms with Gasteiger partial charge in [-0.25, -0.2) is 9.36 Å². The number of amides is 1. The number of aromatic nitrogens is 2. The summed E-state index contributed by atoms with van der Waals surface area (Å²) in [6.45, 7) is 7.29. The second-order valence-electron chi connectivity index (χ2n) is 5.34. The molecule has 5 heteroatoms. The molecule has 2 heterocycles. The second kappa shape index (κ2) is 4.14. The SMILES string of the molecule is CC1CN(C(=O)n2cc[n+](C)c2)CC(C)(C)O1. The van der Waals surface area contributed by atoms with Gasteiger partial charge in [0.25, 0.3) is 6.33 Å². The van der Waals surface area contributed by atoms with Crippen molar-refractivity contribution in [3.05, 3.63) is 18.7 Å². The van der Waals surface area contributed by atoms with Gasteiger partial charge in [0.15, 0.2) is 0 Å². The number of hydrogen-bond donors (Lipinski definition) is 0. The van der Waals surface area contributed by atoms with Gasteiger partial charge in [0.05, 0.1) is 31.8 Å². The average Bonchev–Trinajstić information content (AvgIpc) is 2.60. The number of morpholine rings is 1. The first-order chi connectivity index (χ1) is 7.87. The van der Waals surface area contributed by atoms with Crippen LogP contribution in [-0.4, -0.2) is 40.3 Å². The van der Waals surface area contributed by atoms with E-state index in [-0.39, 0.29) is 17.7 Å². The van der Waals surface area contributed by atoms with Gasteiger partial charge < -0.3 is 4.74 Å². The van der Waals surface area contributed by atoms with Crippen molar-refractivity contribution in [1.29, 1.82) is 0 Å². The van der Waals surface area contributed by atoms with E-state index in [9.17, 15) is 4.79 Å². The van der Waals surface area contributed by atoms with Crippen molar-refractivity contribution in [1.82, 2.24) is 9.47 Å². The molecule has 0 spiro atoms. The lowest BCUT2D eigenvalue weighted by Crippen LogP contribution is -2.54. The molecule has 1 atom stereocenters. The summed E-state index contributed by atoms with van der Waals surface area (Å²) in [4.78, 5) is 14.1. The van der Waals surface area contributed by atoms with Crippen LogP contribution in [0.25, 0.3) is 0 Å². The standard InChI is InChI=1S/C12H20N3O2/c1-10-7-15(8-12(2,3)17-10)11(16)14-6-5-13(4)9-14/h5-6,9-10H,7-8H2,1-4H3/q+1. The Bertz CT molecular complexity index is 425. The Morgan fingerprint density at radius 2 is 2.24 bits per heavy atom. The lowest BCUT2D eigenvalue weighted by atomic mass is 10.1. The summed E-state index contributed by atoms with van der Waals surface area (Å²) in [7, 11) is 1.90. The van der Waals surface area contributed by atoms with Crippen LogP contribution >= 0.6 is 0 Å². The number of nitrogens with zero attached hydrogens (tertiary/aromatic N) is 3. The van der Waals surface area contributed by atoms with Crippen LogP contribution < -0.4 is 4.57 Å². The van der Waals surface area contributed by atoms with Gasteiger partial charge >= 0.3 is 6.03 Å². The Kier molecular flexibility index (Phi) is 2.95. The highest BCUT2D eigenvalue weighted by Crippen LogP contribution is 2.21. The lowest BCUT2D eigenvalue weighted by molar-refractivity contribution is -0.670. The van der Waals surface area contributed by atoms with E-state index in [1.807, 2.05) is 43.5 Å². The van der Waals surface area contributed by atoms with E-state index in [1.165, 1.54) is 0 Å². The molecule has 1 unspecified atom stereocenters. The highest BCUT2D eigenvalue weighted by atomic mass is 16.5. The Hall–Kier alpha value is -1.36. The third-order valence-electron chi connectivity index (χ3n) is 2.83. The normalized spacial score (nSPS) is 23.8. The quantitative estimate of drug-likeness (QED) is 0.626. The summed E-state index contributed by atoms with van der Waals surface area (Å²) in [5.74, 6) is 0. The minimum absolute atomic E-state index is 0.00817. The van der Waals surface area contributed by atoms with Crippen molar-refractivity contribution in [2.24, 2.45) is 7.05 Å². The topological polar surface area (TPSA) is 38.4 Å². The van der Waals surface area contributed by atoms with E-state index in [0.29, 0.717) is 13.1 Å². The first-order valence-corrected chi connectivity index (χ1v) is 5.88. The highest BCUT2D eigenvalue weighted by Gasteiger charge is 2.35. The molecule has 1 aliphatic rings. The number of rotatable bonds is 0. The van der Waals surface area contributed by atoms with Crippen LogP contribution in [0.4, 0.5) is 4.79 Å². The molecule has 1 amide bonds. The van der Waals surface area contributed by atoms with Crippen molar-refractivity contribution in [3.8, 4) is 0 Å². The van der Waals surface area contributed by atoms with Gasteiger partial charge in [0.1, 0.15) is 12.4 Å². The van der Waals surface area contributed by atoms with Crippen molar-refractivity contribution in [3.63, 3.8) is 0 Å². The van der Waals surface area contributed by atoms with Gasteiger partial charge in [0, 0.05) is 0 Å². The Morgan fingerprint density at radius 1 is 1.53 bits per heavy atom. The molecule has 5 nitrogen and oxygen atoms in total. The lowest BCUT2D eigenvalue weighted by Gasteiger charge is -2.40. The molecule has 1 aromatic heterocycles. The summed E-state index contributed by atoms with van der Waals surface area (Å²) < 4.78 is 9.25. The van der Waals surface area contributed by atoms with E-state index >= 15 is 0 Å². The highest BCUT2D eigenvalue weighted by molar-refractivity contribution is 5.76. The maximum absolute atomic E-state index is 12.3. The predicted octanol–water partition coefficient (Wildman–Crippen LogP) is 0.780. The molecule has 0 aromatic carbocycles. The predicted molar refractivity (Wildman–Crippen MR) is 62.6 cm³/mol. The molecular formula is C12H20N3O2+. The second-order valence-corrected chi connectivity index (χ2v) is 5.34. The van der Waals surface area contributed by atoms with E-state index in [4.69, 9.17) is 4.74 Å². The Balaban J connectivity index is 2.14. The number of imidazole rings is 1. The fourth-order valence-electron chi connectivity index (χ4n) is 2.33. The zero-order chi connectivity index (χ0) is 12.6. The molecule has 94 valence electrons. The number of hydrogen-bond acceptors (Lipinski definition) is 2. The smallest absolute Gasteiger partial charge is 0.369 e. The molecule has 17 heavy (non-hydrogen) atoms. The summed E-state index contributed by atoms with van der Waals surface area (Å²) >= 11 is 0. The van der Waals surface area contributed by atoms with Crippen LogP contribution in [-0.2, 0) is 11.8 Å². The Labute approximate surface area is 102 Å². The first-order valence-electron chi connectivity index (χ1n) is 5.88. The fourth-order valence-corrected chi connectivity index (χ4v) is 2.33. The van der Waals surface area contributed by atoms with Gasteiger partial charge in [0.2, 0.25) is 0 Å². The number of carbonyl (C=O) groups excluding carboxylic acids is 1. The van der Waals surface area contributed by atoms with Crippen LogP contribution in [0.15, 0.2) is 18.7 Å². The summed E-state index contributed by atoms with van der Waals surface area (Å²) in [5, 5.41) is 0. The van der Waals surface area contributed by atoms with E-state index < -0.39 is 0 Å². The number of ether oxygens (including phenoxy) is 1. The third kappa shape index (κ3) is 2.66. The van der Waals surface area contributed by atoms with Gasteiger partial charge in [-0.1, -0.05) is 0 Å². The zero-order valence-corrected chi connectivity index (χ0v) is 10.9. The molecule has 2 rings (SSSR count). The van der Waals surface area contributed by atoms with Crippen molar-refractivity contribution >= 4 is 6.03 Å². The van der Waals surface area contributed by atoms with Gasteiger partial charge in [-0.05, 0) is 20.8 Å². The molecule has 0 radical (unpaired) electrons. The van der Waals surface area contributed by atoms with Crippen LogP contribution in [0.1, 0.15) is 20.8 Å². The van der Waals surface area contributed by atoms with Crippen LogP contribution in [0.3, 0.4) is 0 Å². The first kappa shape index (κ1) is 12.1. The van der Waals surface area contributed by atoms with E-state index in [2.05, 4.69) is 0 Å². The summed E-state index contributed by atoms with van der Waals surface area (Å²) in [6, 6.07) is 0.00817. The van der Waals surface area contributed by atoms with E-state index in [1.54, 1.807) is 17.1 Å². The van der Waals surface area contributed by atoms with Crippen molar-refractivity contribution in [2.75, 3.05) is 13.1 Å². The molecule has 0 N–H and O–H groups in total. The van der Waals surface area contributed by atoms with Gasteiger partial charge in [-0.15, -0.1) is 0 Å². The molecule has 1 aromatic rings.